The van der Waals surface area contributed by atoms with Gasteiger partial charge in [0, 0.05) is 18.2 Å². The fourth-order valence-corrected chi connectivity index (χ4v) is 3.13. The number of carbonyl (C=O) groups is 1. The molecule has 22 heavy (non-hydrogen) atoms. The first-order valence-corrected chi connectivity index (χ1v) is 8.29. The summed E-state index contributed by atoms with van der Waals surface area (Å²) in [6, 6.07) is 7.51. The van der Waals surface area contributed by atoms with Gasteiger partial charge in [0.15, 0.2) is 0 Å². The van der Waals surface area contributed by atoms with Gasteiger partial charge >= 0.3 is 0 Å². The van der Waals surface area contributed by atoms with Gasteiger partial charge in [-0.2, -0.15) is 0 Å². The molecule has 0 aromatic heterocycles. The van der Waals surface area contributed by atoms with E-state index in [1.165, 1.54) is 0 Å². The lowest BCUT2D eigenvalue weighted by atomic mass is 9.77. The van der Waals surface area contributed by atoms with Crippen LogP contribution < -0.4 is 5.32 Å². The van der Waals surface area contributed by atoms with Gasteiger partial charge in [0.25, 0.3) is 0 Å². The number of amides is 1. The SMILES string of the molecule is CCC1(CO)CCN(CC(=O)NCc2cccc(Cl)c2)CC1. The number of piperidine rings is 1. The van der Waals surface area contributed by atoms with Crippen LogP contribution >= 0.6 is 11.6 Å². The largest absolute Gasteiger partial charge is 0.396 e. The van der Waals surface area contributed by atoms with E-state index in [4.69, 9.17) is 11.6 Å². The highest BCUT2D eigenvalue weighted by Crippen LogP contribution is 2.33. The summed E-state index contributed by atoms with van der Waals surface area (Å²) in [6.07, 6.45) is 2.92. The first-order valence-electron chi connectivity index (χ1n) is 7.91. The van der Waals surface area contributed by atoms with Crippen molar-refractivity contribution < 1.29 is 9.90 Å². The van der Waals surface area contributed by atoms with Crippen molar-refractivity contribution in [3.8, 4) is 0 Å². The lowest BCUT2D eigenvalue weighted by Gasteiger charge is -2.39. The van der Waals surface area contributed by atoms with Crippen molar-refractivity contribution in [3.05, 3.63) is 34.9 Å². The third-order valence-electron chi connectivity index (χ3n) is 4.75. The first-order chi connectivity index (χ1) is 10.6. The number of hydrogen-bond acceptors (Lipinski definition) is 3. The van der Waals surface area contributed by atoms with Gasteiger partial charge in [-0.3, -0.25) is 9.69 Å². The zero-order chi connectivity index (χ0) is 16.0. The molecule has 0 saturated carbocycles. The summed E-state index contributed by atoms with van der Waals surface area (Å²) in [4.78, 5) is 14.2. The average molecular weight is 325 g/mol. The van der Waals surface area contributed by atoms with Gasteiger partial charge in [0.05, 0.1) is 6.54 Å². The highest BCUT2D eigenvalue weighted by atomic mass is 35.5. The molecule has 1 amide bonds. The molecular formula is C17H25ClN2O2. The highest BCUT2D eigenvalue weighted by Gasteiger charge is 2.32. The summed E-state index contributed by atoms with van der Waals surface area (Å²) in [5, 5.41) is 13.2. The third kappa shape index (κ3) is 4.70. The molecule has 2 rings (SSSR count). The zero-order valence-electron chi connectivity index (χ0n) is 13.1. The van der Waals surface area contributed by atoms with Crippen LogP contribution in [-0.2, 0) is 11.3 Å². The van der Waals surface area contributed by atoms with Crippen LogP contribution in [0.15, 0.2) is 24.3 Å². The third-order valence-corrected chi connectivity index (χ3v) is 4.98. The summed E-state index contributed by atoms with van der Waals surface area (Å²) in [5.74, 6) is 0.0352. The Hall–Kier alpha value is -1.10. The number of nitrogens with one attached hydrogen (secondary N) is 1. The maximum atomic E-state index is 12.0. The molecule has 0 aliphatic carbocycles. The van der Waals surface area contributed by atoms with E-state index in [1.807, 2.05) is 24.3 Å². The van der Waals surface area contributed by atoms with E-state index in [0.29, 0.717) is 18.1 Å². The Kier molecular flexibility index (Phi) is 6.24. The molecular weight excluding hydrogens is 300 g/mol. The van der Waals surface area contributed by atoms with E-state index in [2.05, 4.69) is 17.1 Å². The van der Waals surface area contributed by atoms with Gasteiger partial charge in [0.2, 0.25) is 5.91 Å². The number of likely N-dealkylation sites (tertiary alicyclic amines) is 1. The van der Waals surface area contributed by atoms with E-state index < -0.39 is 0 Å². The second-order valence-corrected chi connectivity index (χ2v) is 6.63. The molecule has 2 N–H and O–H groups in total. The van der Waals surface area contributed by atoms with Crippen molar-refractivity contribution in [2.45, 2.75) is 32.7 Å². The van der Waals surface area contributed by atoms with Crippen molar-refractivity contribution in [1.29, 1.82) is 0 Å². The summed E-state index contributed by atoms with van der Waals surface area (Å²) in [7, 11) is 0. The van der Waals surface area contributed by atoms with Crippen molar-refractivity contribution in [2.24, 2.45) is 5.41 Å². The Morgan fingerprint density at radius 2 is 2.14 bits per heavy atom. The Bertz CT molecular complexity index is 493. The molecule has 122 valence electrons. The number of hydrogen-bond donors (Lipinski definition) is 2. The van der Waals surface area contributed by atoms with Crippen molar-refractivity contribution >= 4 is 17.5 Å². The minimum absolute atomic E-state index is 0.0352. The fourth-order valence-electron chi connectivity index (χ4n) is 2.92. The molecule has 0 atom stereocenters. The first kappa shape index (κ1) is 17.3. The van der Waals surface area contributed by atoms with Crippen LogP contribution in [0, 0.1) is 5.41 Å². The van der Waals surface area contributed by atoms with Gasteiger partial charge in [0.1, 0.15) is 0 Å². The predicted molar refractivity (Wildman–Crippen MR) is 88.8 cm³/mol. The molecule has 1 aliphatic rings. The zero-order valence-corrected chi connectivity index (χ0v) is 13.9. The number of benzene rings is 1. The van der Waals surface area contributed by atoms with Gasteiger partial charge in [-0.15, -0.1) is 0 Å². The molecule has 0 spiro atoms. The Morgan fingerprint density at radius 1 is 1.41 bits per heavy atom. The summed E-state index contributed by atoms with van der Waals surface area (Å²) < 4.78 is 0. The lowest BCUT2D eigenvalue weighted by Crippen LogP contribution is -2.45. The number of halogens is 1. The summed E-state index contributed by atoms with van der Waals surface area (Å²) in [6.45, 7) is 5.05. The second kappa shape index (κ2) is 7.95. The topological polar surface area (TPSA) is 52.6 Å². The van der Waals surface area contributed by atoms with Crippen molar-refractivity contribution in [2.75, 3.05) is 26.2 Å². The summed E-state index contributed by atoms with van der Waals surface area (Å²) >= 11 is 5.93. The molecule has 4 nitrogen and oxygen atoms in total. The summed E-state index contributed by atoms with van der Waals surface area (Å²) in [5.41, 5.74) is 1.07. The Morgan fingerprint density at radius 3 is 2.73 bits per heavy atom. The molecule has 1 aliphatic heterocycles. The molecule has 5 heteroatoms. The second-order valence-electron chi connectivity index (χ2n) is 6.19. The average Bonchev–Trinajstić information content (AvgIpc) is 2.54. The van der Waals surface area contributed by atoms with Crippen LogP contribution in [-0.4, -0.2) is 42.2 Å². The van der Waals surface area contributed by atoms with Crippen LogP contribution in [0.2, 0.25) is 5.02 Å². The minimum atomic E-state index is 0.0352. The van der Waals surface area contributed by atoms with Gasteiger partial charge in [-0.05, 0) is 55.5 Å². The lowest BCUT2D eigenvalue weighted by molar-refractivity contribution is -0.123. The quantitative estimate of drug-likeness (QED) is 0.845. The van der Waals surface area contributed by atoms with E-state index in [9.17, 15) is 9.90 Å². The number of carbonyl (C=O) groups excluding carboxylic acids is 1. The van der Waals surface area contributed by atoms with E-state index in [-0.39, 0.29) is 17.9 Å². The molecule has 1 aromatic rings. The monoisotopic (exact) mass is 324 g/mol. The van der Waals surface area contributed by atoms with Crippen LogP contribution in [0.5, 0.6) is 0 Å². The van der Waals surface area contributed by atoms with Crippen molar-refractivity contribution in [1.82, 2.24) is 10.2 Å². The van der Waals surface area contributed by atoms with E-state index >= 15 is 0 Å². The number of rotatable bonds is 6. The normalized spacial score (nSPS) is 18.1. The molecule has 0 bridgehead atoms. The minimum Gasteiger partial charge on any atom is -0.396 e. The predicted octanol–water partition coefficient (Wildman–Crippen LogP) is 2.44. The number of aliphatic hydroxyl groups is 1. The Balaban J connectivity index is 1.74. The maximum Gasteiger partial charge on any atom is 0.234 e. The van der Waals surface area contributed by atoms with Gasteiger partial charge in [-0.25, -0.2) is 0 Å². The van der Waals surface area contributed by atoms with E-state index in [0.717, 1.165) is 37.9 Å². The number of nitrogens with zero attached hydrogens (tertiary/aromatic N) is 1. The van der Waals surface area contributed by atoms with E-state index in [1.54, 1.807) is 0 Å². The maximum absolute atomic E-state index is 12.0. The van der Waals surface area contributed by atoms with Crippen molar-refractivity contribution in [3.63, 3.8) is 0 Å². The molecule has 1 saturated heterocycles. The smallest absolute Gasteiger partial charge is 0.234 e. The molecule has 1 fully saturated rings. The van der Waals surface area contributed by atoms with Crippen LogP contribution in [0.25, 0.3) is 0 Å². The number of aliphatic hydroxyl groups excluding tert-OH is 1. The molecule has 1 aromatic carbocycles. The van der Waals surface area contributed by atoms with Gasteiger partial charge < -0.3 is 10.4 Å². The molecule has 0 unspecified atom stereocenters. The van der Waals surface area contributed by atoms with Crippen LogP contribution in [0.1, 0.15) is 31.7 Å². The fraction of sp³-hybridized carbons (Fsp3) is 0.588. The van der Waals surface area contributed by atoms with Crippen LogP contribution in [0.3, 0.4) is 0 Å². The highest BCUT2D eigenvalue weighted by molar-refractivity contribution is 6.30. The molecule has 0 radical (unpaired) electrons. The standard InChI is InChI=1S/C17H25ClN2O2/c1-2-17(13-21)6-8-20(9-7-17)12-16(22)19-11-14-4-3-5-15(18)10-14/h3-5,10,21H,2,6-9,11-13H2,1H3,(H,19,22). The Labute approximate surface area is 137 Å². The van der Waals surface area contributed by atoms with Gasteiger partial charge in [-0.1, -0.05) is 30.7 Å². The van der Waals surface area contributed by atoms with Crippen LogP contribution in [0.4, 0.5) is 0 Å². The molecule has 1 heterocycles.